The molecule has 0 aliphatic carbocycles. The average Bonchev–Trinajstić information content (AvgIpc) is 2.70. The van der Waals surface area contributed by atoms with Gasteiger partial charge in [0.25, 0.3) is 5.91 Å². The molecule has 0 saturated carbocycles. The fourth-order valence-corrected chi connectivity index (χ4v) is 3.07. The van der Waals surface area contributed by atoms with E-state index in [0.29, 0.717) is 5.75 Å². The number of hydrogen-bond acceptors (Lipinski definition) is 4. The number of ether oxygens (including phenoxy) is 1. The Bertz CT molecular complexity index is 983. The molecule has 2 aromatic rings. The standard InChI is InChI=1S/C23H26BrN3O3S/c1-15-5-7-16(8-6-15)9-12-20(28)25-22(31)27-26-21(29)14-30-19-11-10-17(13-18(19)24)23(2,3)4/h5-13H,14H2,1-4H3,(H,26,29)(H2,25,27,28,31). The fourth-order valence-electron chi connectivity index (χ4n) is 2.42. The molecule has 8 heteroatoms. The Labute approximate surface area is 196 Å². The Balaban J connectivity index is 1.75. The highest BCUT2D eigenvalue weighted by Gasteiger charge is 2.15. The van der Waals surface area contributed by atoms with Crippen LogP contribution < -0.4 is 20.9 Å². The van der Waals surface area contributed by atoms with Crippen LogP contribution in [0.5, 0.6) is 5.75 Å². The number of aryl methyl sites for hydroxylation is 1. The molecule has 0 aliphatic heterocycles. The van der Waals surface area contributed by atoms with E-state index in [-0.39, 0.29) is 17.1 Å². The SMILES string of the molecule is Cc1ccc(C=CC(=O)NC(=S)NNC(=O)COc2ccc(C(C)(C)C)cc2Br)cc1. The smallest absolute Gasteiger partial charge is 0.276 e. The predicted molar refractivity (Wildman–Crippen MR) is 131 cm³/mol. The first-order valence-corrected chi connectivity index (χ1v) is 10.8. The van der Waals surface area contributed by atoms with Gasteiger partial charge >= 0.3 is 0 Å². The van der Waals surface area contributed by atoms with Crippen LogP contribution in [0.1, 0.15) is 37.5 Å². The third-order valence-electron chi connectivity index (χ3n) is 4.21. The maximum Gasteiger partial charge on any atom is 0.276 e. The van der Waals surface area contributed by atoms with Crippen LogP contribution in [0.25, 0.3) is 6.08 Å². The molecule has 0 aromatic heterocycles. The fraction of sp³-hybridized carbons (Fsp3) is 0.261. The maximum absolute atomic E-state index is 12.0. The van der Waals surface area contributed by atoms with Gasteiger partial charge in [-0.1, -0.05) is 56.7 Å². The molecule has 6 nitrogen and oxygen atoms in total. The molecule has 31 heavy (non-hydrogen) atoms. The van der Waals surface area contributed by atoms with Gasteiger partial charge in [-0.2, -0.15) is 0 Å². The summed E-state index contributed by atoms with van der Waals surface area (Å²) in [7, 11) is 0. The quantitative estimate of drug-likeness (QED) is 0.324. The maximum atomic E-state index is 12.0. The molecule has 0 atom stereocenters. The molecule has 2 amide bonds. The number of benzene rings is 2. The Morgan fingerprint density at radius 3 is 2.39 bits per heavy atom. The summed E-state index contributed by atoms with van der Waals surface area (Å²) < 4.78 is 6.30. The number of hydrogen-bond donors (Lipinski definition) is 3. The van der Waals surface area contributed by atoms with Crippen molar-refractivity contribution in [1.82, 2.24) is 16.2 Å². The van der Waals surface area contributed by atoms with E-state index in [1.807, 2.05) is 49.4 Å². The number of nitrogens with one attached hydrogen (secondary N) is 3. The Kier molecular flexibility index (Phi) is 8.76. The van der Waals surface area contributed by atoms with Crippen molar-refractivity contribution >= 4 is 51.2 Å². The summed E-state index contributed by atoms with van der Waals surface area (Å²) in [5.41, 5.74) is 8.05. The largest absolute Gasteiger partial charge is 0.483 e. The van der Waals surface area contributed by atoms with Crippen LogP contribution in [0.2, 0.25) is 0 Å². The highest BCUT2D eigenvalue weighted by atomic mass is 79.9. The topological polar surface area (TPSA) is 79.5 Å². The number of amides is 2. The summed E-state index contributed by atoms with van der Waals surface area (Å²) in [6, 6.07) is 13.5. The van der Waals surface area contributed by atoms with E-state index in [1.165, 1.54) is 6.08 Å². The van der Waals surface area contributed by atoms with Crippen molar-refractivity contribution < 1.29 is 14.3 Å². The first kappa shape index (κ1) is 24.6. The van der Waals surface area contributed by atoms with Gasteiger partial charge in [-0.15, -0.1) is 0 Å². The number of thiocarbonyl (C=S) groups is 1. The molecule has 0 saturated heterocycles. The van der Waals surface area contributed by atoms with E-state index in [4.69, 9.17) is 17.0 Å². The number of carbonyl (C=O) groups excluding carboxylic acids is 2. The minimum atomic E-state index is -0.446. The van der Waals surface area contributed by atoms with Gasteiger partial charge in [0.15, 0.2) is 11.7 Å². The molecule has 2 rings (SSSR count). The average molecular weight is 504 g/mol. The van der Waals surface area contributed by atoms with Crippen molar-refractivity contribution in [1.29, 1.82) is 0 Å². The van der Waals surface area contributed by atoms with E-state index >= 15 is 0 Å². The van der Waals surface area contributed by atoms with E-state index in [0.717, 1.165) is 21.2 Å². The lowest BCUT2D eigenvalue weighted by molar-refractivity contribution is -0.123. The van der Waals surface area contributed by atoms with Crippen LogP contribution in [0, 0.1) is 6.92 Å². The van der Waals surface area contributed by atoms with E-state index in [2.05, 4.69) is 52.9 Å². The van der Waals surface area contributed by atoms with Crippen molar-refractivity contribution in [3.63, 3.8) is 0 Å². The van der Waals surface area contributed by atoms with Gasteiger partial charge in [-0.05, 0) is 69.8 Å². The molecule has 0 fully saturated rings. The first-order valence-electron chi connectivity index (χ1n) is 9.62. The zero-order valence-corrected chi connectivity index (χ0v) is 20.3. The highest BCUT2D eigenvalue weighted by Crippen LogP contribution is 2.31. The zero-order chi connectivity index (χ0) is 23.0. The number of rotatable bonds is 5. The first-order chi connectivity index (χ1) is 14.5. The predicted octanol–water partition coefficient (Wildman–Crippen LogP) is 4.17. The molecule has 0 unspecified atom stereocenters. The van der Waals surface area contributed by atoms with Crippen molar-refractivity contribution in [2.24, 2.45) is 0 Å². The highest BCUT2D eigenvalue weighted by molar-refractivity contribution is 9.10. The lowest BCUT2D eigenvalue weighted by Gasteiger charge is -2.20. The molecule has 3 N–H and O–H groups in total. The summed E-state index contributed by atoms with van der Waals surface area (Å²) >= 11 is 8.47. The zero-order valence-electron chi connectivity index (χ0n) is 17.9. The van der Waals surface area contributed by atoms with E-state index in [1.54, 1.807) is 6.08 Å². The normalized spacial score (nSPS) is 11.1. The Hall–Kier alpha value is -2.71. The van der Waals surface area contributed by atoms with Gasteiger partial charge in [0, 0.05) is 6.08 Å². The molecule has 0 bridgehead atoms. The van der Waals surface area contributed by atoms with Gasteiger partial charge < -0.3 is 4.74 Å². The van der Waals surface area contributed by atoms with E-state index in [9.17, 15) is 9.59 Å². The van der Waals surface area contributed by atoms with Crippen molar-refractivity contribution in [3.8, 4) is 5.75 Å². The van der Waals surface area contributed by atoms with Crippen molar-refractivity contribution in [3.05, 3.63) is 69.7 Å². The third kappa shape index (κ3) is 8.51. The van der Waals surface area contributed by atoms with E-state index < -0.39 is 11.8 Å². The Morgan fingerprint density at radius 1 is 1.10 bits per heavy atom. The van der Waals surface area contributed by atoms with Crippen molar-refractivity contribution in [2.45, 2.75) is 33.1 Å². The van der Waals surface area contributed by atoms with Crippen LogP contribution in [-0.2, 0) is 15.0 Å². The van der Waals surface area contributed by atoms with Crippen molar-refractivity contribution in [2.75, 3.05) is 6.61 Å². The van der Waals surface area contributed by atoms with Crippen LogP contribution in [0.3, 0.4) is 0 Å². The monoisotopic (exact) mass is 503 g/mol. The lowest BCUT2D eigenvalue weighted by atomic mass is 9.87. The summed E-state index contributed by atoms with van der Waals surface area (Å²) in [6.45, 7) is 8.13. The molecule has 164 valence electrons. The second-order valence-corrected chi connectivity index (χ2v) is 9.18. The van der Waals surface area contributed by atoms with Gasteiger partial charge in [0.05, 0.1) is 4.47 Å². The molecular formula is C23H26BrN3O3S. The molecule has 0 heterocycles. The molecule has 2 aromatic carbocycles. The second kappa shape index (κ2) is 11.1. The van der Waals surface area contributed by atoms with Gasteiger partial charge in [-0.3, -0.25) is 25.8 Å². The van der Waals surface area contributed by atoms with Gasteiger partial charge in [-0.25, -0.2) is 0 Å². The van der Waals surface area contributed by atoms with Crippen LogP contribution in [0.4, 0.5) is 0 Å². The summed E-state index contributed by atoms with van der Waals surface area (Å²) in [5, 5.41) is 2.43. The summed E-state index contributed by atoms with van der Waals surface area (Å²) in [6.07, 6.45) is 3.04. The van der Waals surface area contributed by atoms with Gasteiger partial charge in [0.1, 0.15) is 5.75 Å². The molecule has 0 aliphatic rings. The second-order valence-electron chi connectivity index (χ2n) is 7.92. The molecule has 0 radical (unpaired) electrons. The van der Waals surface area contributed by atoms with Crippen LogP contribution in [-0.4, -0.2) is 23.5 Å². The number of hydrazine groups is 1. The summed E-state index contributed by atoms with van der Waals surface area (Å²) in [5.74, 6) is -0.301. The minimum Gasteiger partial charge on any atom is -0.483 e. The van der Waals surface area contributed by atoms with Gasteiger partial charge in [0.2, 0.25) is 5.91 Å². The summed E-state index contributed by atoms with van der Waals surface area (Å²) in [4.78, 5) is 23.9. The van der Waals surface area contributed by atoms with Crippen LogP contribution >= 0.6 is 28.1 Å². The Morgan fingerprint density at radius 2 is 1.77 bits per heavy atom. The minimum absolute atomic E-state index is 0.0117. The molecular weight excluding hydrogens is 478 g/mol. The number of halogens is 1. The van der Waals surface area contributed by atoms with Crippen LogP contribution in [0.15, 0.2) is 53.0 Å². The lowest BCUT2D eigenvalue weighted by Crippen LogP contribution is -2.49. The third-order valence-corrected chi connectivity index (χ3v) is 5.04. The molecule has 0 spiro atoms. The number of carbonyl (C=O) groups is 2.